The molecular formula is C13H18O3. The molecule has 0 spiro atoms. The monoisotopic (exact) mass is 222 g/mol. The quantitative estimate of drug-likeness (QED) is 0.833. The lowest BCUT2D eigenvalue weighted by molar-refractivity contribution is -0.136. The number of rotatable bonds is 5. The van der Waals surface area contributed by atoms with Crippen LogP contribution in [-0.4, -0.2) is 17.7 Å². The molecule has 88 valence electrons. The lowest BCUT2D eigenvalue weighted by atomic mass is 9.99. The molecule has 3 heteroatoms. The first-order valence-corrected chi connectivity index (χ1v) is 5.50. The maximum atomic E-state index is 10.5. The van der Waals surface area contributed by atoms with E-state index >= 15 is 0 Å². The zero-order chi connectivity index (χ0) is 12.1. The summed E-state index contributed by atoms with van der Waals surface area (Å²) in [5.74, 6) is 0.130. The Kier molecular flexibility index (Phi) is 4.35. The van der Waals surface area contributed by atoms with E-state index in [1.807, 2.05) is 32.9 Å². The maximum Gasteiger partial charge on any atom is 0.303 e. The van der Waals surface area contributed by atoms with Gasteiger partial charge in [-0.25, -0.2) is 0 Å². The van der Waals surface area contributed by atoms with Gasteiger partial charge in [0, 0.05) is 6.42 Å². The first kappa shape index (κ1) is 12.6. The summed E-state index contributed by atoms with van der Waals surface area (Å²) in [7, 11) is 0. The van der Waals surface area contributed by atoms with Crippen LogP contribution in [0, 0.1) is 13.8 Å². The van der Waals surface area contributed by atoms with Crippen LogP contribution in [0.1, 0.15) is 30.0 Å². The molecule has 0 atom stereocenters. The number of hydrogen-bond acceptors (Lipinski definition) is 2. The van der Waals surface area contributed by atoms with Gasteiger partial charge in [0.2, 0.25) is 0 Å². The molecule has 3 nitrogen and oxygen atoms in total. The van der Waals surface area contributed by atoms with Gasteiger partial charge in [-0.1, -0.05) is 6.07 Å². The largest absolute Gasteiger partial charge is 0.494 e. The van der Waals surface area contributed by atoms with Crippen LogP contribution in [0.4, 0.5) is 0 Å². The Labute approximate surface area is 96.1 Å². The fraction of sp³-hybridized carbons (Fsp3) is 0.462. The van der Waals surface area contributed by atoms with Crippen molar-refractivity contribution in [1.82, 2.24) is 0 Å². The number of hydrogen-bond donors (Lipinski definition) is 1. The van der Waals surface area contributed by atoms with E-state index in [2.05, 4.69) is 0 Å². The molecule has 0 saturated carbocycles. The summed E-state index contributed by atoms with van der Waals surface area (Å²) in [5, 5.41) is 8.65. The van der Waals surface area contributed by atoms with Gasteiger partial charge in [0.25, 0.3) is 0 Å². The standard InChI is InChI=1S/C13H18O3/c1-4-16-12-7-5-11(6-8-13(14)15)9(2)10(12)3/h5,7H,4,6,8H2,1-3H3,(H,14,15). The fourth-order valence-corrected chi connectivity index (χ4v) is 1.68. The van der Waals surface area contributed by atoms with E-state index in [1.54, 1.807) is 0 Å². The van der Waals surface area contributed by atoms with Crippen molar-refractivity contribution in [3.8, 4) is 5.75 Å². The van der Waals surface area contributed by atoms with Crippen LogP contribution in [0.15, 0.2) is 12.1 Å². The zero-order valence-electron chi connectivity index (χ0n) is 10.0. The van der Waals surface area contributed by atoms with E-state index in [0.29, 0.717) is 13.0 Å². The summed E-state index contributed by atoms with van der Waals surface area (Å²) in [6, 6.07) is 3.87. The summed E-state index contributed by atoms with van der Waals surface area (Å²) in [4.78, 5) is 10.5. The third-order valence-electron chi connectivity index (χ3n) is 2.76. The topological polar surface area (TPSA) is 46.5 Å². The van der Waals surface area contributed by atoms with Gasteiger partial charge >= 0.3 is 5.97 Å². The SMILES string of the molecule is CCOc1ccc(CCC(=O)O)c(C)c1C. The number of aliphatic carboxylic acids is 1. The molecule has 1 aromatic rings. The fourth-order valence-electron chi connectivity index (χ4n) is 1.68. The number of carboxylic acids is 1. The lowest BCUT2D eigenvalue weighted by Gasteiger charge is -2.13. The molecule has 1 N–H and O–H groups in total. The second-order valence-corrected chi connectivity index (χ2v) is 3.80. The van der Waals surface area contributed by atoms with Gasteiger partial charge in [0.1, 0.15) is 5.75 Å². The first-order valence-electron chi connectivity index (χ1n) is 5.50. The predicted molar refractivity (Wildman–Crippen MR) is 63.0 cm³/mol. The first-order chi connectivity index (χ1) is 7.56. The van der Waals surface area contributed by atoms with Gasteiger partial charge in [-0.2, -0.15) is 0 Å². The van der Waals surface area contributed by atoms with Crippen molar-refractivity contribution in [1.29, 1.82) is 0 Å². The maximum absolute atomic E-state index is 10.5. The summed E-state index contributed by atoms with van der Waals surface area (Å²) in [5.41, 5.74) is 3.32. The molecule has 0 aromatic heterocycles. The second-order valence-electron chi connectivity index (χ2n) is 3.80. The van der Waals surface area contributed by atoms with E-state index in [4.69, 9.17) is 9.84 Å². The molecule has 0 aliphatic rings. The third kappa shape index (κ3) is 2.99. The van der Waals surface area contributed by atoms with Crippen molar-refractivity contribution < 1.29 is 14.6 Å². The van der Waals surface area contributed by atoms with Crippen LogP contribution in [-0.2, 0) is 11.2 Å². The normalized spacial score (nSPS) is 10.2. The second kappa shape index (κ2) is 5.54. The number of benzene rings is 1. The average Bonchev–Trinajstić information content (AvgIpc) is 2.24. The molecule has 0 saturated heterocycles. The molecule has 16 heavy (non-hydrogen) atoms. The summed E-state index contributed by atoms with van der Waals surface area (Å²) in [6.45, 7) is 6.61. The highest BCUT2D eigenvalue weighted by atomic mass is 16.5. The van der Waals surface area contributed by atoms with E-state index in [1.165, 1.54) is 0 Å². The number of carboxylic acid groups (broad SMARTS) is 1. The van der Waals surface area contributed by atoms with Crippen LogP contribution in [0.25, 0.3) is 0 Å². The van der Waals surface area contributed by atoms with Crippen molar-refractivity contribution in [2.75, 3.05) is 6.61 Å². The highest BCUT2D eigenvalue weighted by Crippen LogP contribution is 2.25. The number of aryl methyl sites for hydroxylation is 1. The van der Waals surface area contributed by atoms with Crippen molar-refractivity contribution >= 4 is 5.97 Å². The van der Waals surface area contributed by atoms with Crippen molar-refractivity contribution in [3.63, 3.8) is 0 Å². The predicted octanol–water partition coefficient (Wildman–Crippen LogP) is 2.72. The van der Waals surface area contributed by atoms with E-state index in [-0.39, 0.29) is 6.42 Å². The molecular weight excluding hydrogens is 204 g/mol. The molecule has 0 bridgehead atoms. The Morgan fingerprint density at radius 3 is 2.56 bits per heavy atom. The minimum atomic E-state index is -0.758. The van der Waals surface area contributed by atoms with Crippen molar-refractivity contribution in [2.45, 2.75) is 33.6 Å². The van der Waals surface area contributed by atoms with E-state index in [0.717, 1.165) is 22.4 Å². The zero-order valence-corrected chi connectivity index (χ0v) is 10.0. The Morgan fingerprint density at radius 2 is 2.00 bits per heavy atom. The van der Waals surface area contributed by atoms with Crippen molar-refractivity contribution in [2.24, 2.45) is 0 Å². The highest BCUT2D eigenvalue weighted by Gasteiger charge is 2.08. The van der Waals surface area contributed by atoms with E-state index < -0.39 is 5.97 Å². The minimum absolute atomic E-state index is 0.175. The highest BCUT2D eigenvalue weighted by molar-refractivity contribution is 5.67. The minimum Gasteiger partial charge on any atom is -0.494 e. The molecule has 0 heterocycles. The van der Waals surface area contributed by atoms with Gasteiger partial charge < -0.3 is 9.84 Å². The summed E-state index contributed by atoms with van der Waals surface area (Å²) >= 11 is 0. The molecule has 0 aliphatic heterocycles. The van der Waals surface area contributed by atoms with Gasteiger partial charge in [0.15, 0.2) is 0 Å². The van der Waals surface area contributed by atoms with Crippen LogP contribution in [0.5, 0.6) is 5.75 Å². The molecule has 0 radical (unpaired) electrons. The third-order valence-corrected chi connectivity index (χ3v) is 2.76. The van der Waals surface area contributed by atoms with Gasteiger partial charge in [-0.05, 0) is 49.9 Å². The number of carbonyl (C=O) groups is 1. The molecule has 0 aliphatic carbocycles. The molecule has 1 aromatic carbocycles. The Morgan fingerprint density at radius 1 is 1.31 bits per heavy atom. The van der Waals surface area contributed by atoms with E-state index in [9.17, 15) is 4.79 Å². The van der Waals surface area contributed by atoms with Crippen LogP contribution >= 0.6 is 0 Å². The number of ether oxygens (including phenoxy) is 1. The smallest absolute Gasteiger partial charge is 0.303 e. The Balaban J connectivity index is 2.88. The van der Waals surface area contributed by atoms with Gasteiger partial charge in [-0.15, -0.1) is 0 Å². The summed E-state index contributed by atoms with van der Waals surface area (Å²) < 4.78 is 5.48. The molecule has 0 amide bonds. The summed E-state index contributed by atoms with van der Waals surface area (Å²) in [6.07, 6.45) is 0.753. The Bertz CT molecular complexity index is 383. The molecule has 1 rings (SSSR count). The molecule has 0 fully saturated rings. The van der Waals surface area contributed by atoms with Crippen LogP contribution < -0.4 is 4.74 Å². The van der Waals surface area contributed by atoms with Crippen molar-refractivity contribution in [3.05, 3.63) is 28.8 Å². The average molecular weight is 222 g/mol. The van der Waals surface area contributed by atoms with Gasteiger partial charge in [0.05, 0.1) is 6.61 Å². The lowest BCUT2D eigenvalue weighted by Crippen LogP contribution is -2.02. The van der Waals surface area contributed by atoms with Crippen LogP contribution in [0.2, 0.25) is 0 Å². The van der Waals surface area contributed by atoms with Crippen LogP contribution in [0.3, 0.4) is 0 Å². The molecule has 0 unspecified atom stereocenters. The van der Waals surface area contributed by atoms with Gasteiger partial charge in [-0.3, -0.25) is 4.79 Å². The Hall–Kier alpha value is -1.51.